The summed E-state index contributed by atoms with van der Waals surface area (Å²) < 4.78 is 18.3. The van der Waals surface area contributed by atoms with E-state index in [2.05, 4.69) is 5.32 Å². The second-order valence-corrected chi connectivity index (χ2v) is 3.91. The third-order valence-corrected chi connectivity index (χ3v) is 2.44. The molecule has 1 amide bonds. The number of halogens is 1. The van der Waals surface area contributed by atoms with Gasteiger partial charge in [-0.1, -0.05) is 19.1 Å². The Morgan fingerprint density at radius 2 is 2.18 bits per heavy atom. The van der Waals surface area contributed by atoms with Gasteiger partial charge in [-0.05, 0) is 25.5 Å². The highest BCUT2D eigenvalue weighted by Gasteiger charge is 2.06. The number of ether oxygens (including phenoxy) is 1. The highest BCUT2D eigenvalue weighted by Crippen LogP contribution is 2.15. The molecule has 0 aromatic heterocycles. The Morgan fingerprint density at radius 1 is 1.47 bits per heavy atom. The lowest BCUT2D eigenvalue weighted by molar-refractivity contribution is -0.122. The maximum absolute atomic E-state index is 13.2. The molecule has 0 aliphatic carbocycles. The molecule has 1 aromatic carbocycles. The van der Waals surface area contributed by atoms with Gasteiger partial charge in [-0.2, -0.15) is 0 Å². The number of amides is 1. The zero-order valence-electron chi connectivity index (χ0n) is 10.2. The predicted molar refractivity (Wildman–Crippen MR) is 64.4 cm³/mol. The summed E-state index contributed by atoms with van der Waals surface area (Å²) in [5, 5.41) is 2.82. The molecule has 3 nitrogen and oxygen atoms in total. The first kappa shape index (κ1) is 13.5. The lowest BCUT2D eigenvalue weighted by Gasteiger charge is -2.11. The summed E-state index contributed by atoms with van der Waals surface area (Å²) in [6.07, 6.45) is 1.12. The van der Waals surface area contributed by atoms with Gasteiger partial charge in [0.2, 0.25) is 5.91 Å². The molecule has 0 fully saturated rings. The molecule has 0 spiro atoms. The van der Waals surface area contributed by atoms with E-state index in [4.69, 9.17) is 4.74 Å². The van der Waals surface area contributed by atoms with Gasteiger partial charge in [0.05, 0.1) is 13.0 Å². The Balaban J connectivity index is 2.29. The minimum atomic E-state index is -0.408. The molecule has 1 atom stereocenters. The standard InChI is InChI=1S/C13H18FNO2/c1-3-10(2)15-13(16)8-9-17-12-7-5-4-6-11(12)14/h4-7,10H,3,8-9H2,1-2H3,(H,15,16)/t10-/m0/s1. The smallest absolute Gasteiger partial charge is 0.223 e. The number of rotatable bonds is 6. The topological polar surface area (TPSA) is 38.3 Å². The van der Waals surface area contributed by atoms with Crippen LogP contribution in [0.3, 0.4) is 0 Å². The third-order valence-electron chi connectivity index (χ3n) is 2.44. The summed E-state index contributed by atoms with van der Waals surface area (Å²) in [4.78, 5) is 11.4. The van der Waals surface area contributed by atoms with E-state index < -0.39 is 5.82 Å². The molecular weight excluding hydrogens is 221 g/mol. The van der Waals surface area contributed by atoms with Crippen LogP contribution in [0.1, 0.15) is 26.7 Å². The highest BCUT2D eigenvalue weighted by atomic mass is 19.1. The van der Waals surface area contributed by atoms with Gasteiger partial charge in [-0.15, -0.1) is 0 Å². The summed E-state index contributed by atoms with van der Waals surface area (Å²) in [6.45, 7) is 4.12. The molecule has 0 aliphatic rings. The number of carbonyl (C=O) groups is 1. The quantitative estimate of drug-likeness (QED) is 0.828. The van der Waals surface area contributed by atoms with Gasteiger partial charge in [0, 0.05) is 6.04 Å². The molecule has 1 rings (SSSR count). The fourth-order valence-corrected chi connectivity index (χ4v) is 1.26. The van der Waals surface area contributed by atoms with E-state index in [0.717, 1.165) is 6.42 Å². The number of hydrogen-bond acceptors (Lipinski definition) is 2. The van der Waals surface area contributed by atoms with E-state index in [1.165, 1.54) is 6.07 Å². The van der Waals surface area contributed by atoms with Crippen LogP contribution in [-0.2, 0) is 4.79 Å². The molecule has 0 heterocycles. The van der Waals surface area contributed by atoms with Crippen molar-refractivity contribution in [3.63, 3.8) is 0 Å². The van der Waals surface area contributed by atoms with E-state index in [1.54, 1.807) is 18.2 Å². The zero-order chi connectivity index (χ0) is 12.7. The van der Waals surface area contributed by atoms with E-state index in [1.807, 2.05) is 13.8 Å². The first-order chi connectivity index (χ1) is 8.13. The van der Waals surface area contributed by atoms with Crippen molar-refractivity contribution in [3.05, 3.63) is 30.1 Å². The number of hydrogen-bond donors (Lipinski definition) is 1. The second kappa shape index (κ2) is 6.89. The van der Waals surface area contributed by atoms with Crippen molar-refractivity contribution >= 4 is 5.91 Å². The van der Waals surface area contributed by atoms with Crippen molar-refractivity contribution in [3.8, 4) is 5.75 Å². The molecule has 17 heavy (non-hydrogen) atoms. The lowest BCUT2D eigenvalue weighted by Crippen LogP contribution is -2.32. The number of carbonyl (C=O) groups excluding carboxylic acids is 1. The van der Waals surface area contributed by atoms with E-state index in [9.17, 15) is 9.18 Å². The number of benzene rings is 1. The molecule has 0 saturated carbocycles. The summed E-state index contributed by atoms with van der Waals surface area (Å²) in [6, 6.07) is 6.32. The van der Waals surface area contributed by atoms with Crippen LogP contribution >= 0.6 is 0 Å². The minimum Gasteiger partial charge on any atom is -0.490 e. The summed E-state index contributed by atoms with van der Waals surface area (Å²) >= 11 is 0. The molecule has 0 bridgehead atoms. The fourth-order valence-electron chi connectivity index (χ4n) is 1.26. The Morgan fingerprint density at radius 3 is 2.82 bits per heavy atom. The molecular formula is C13H18FNO2. The highest BCUT2D eigenvalue weighted by molar-refractivity contribution is 5.76. The van der Waals surface area contributed by atoms with Crippen LogP contribution < -0.4 is 10.1 Å². The fraction of sp³-hybridized carbons (Fsp3) is 0.462. The Labute approximate surface area is 101 Å². The molecule has 4 heteroatoms. The number of nitrogens with one attached hydrogen (secondary N) is 1. The molecule has 0 aliphatic heterocycles. The maximum atomic E-state index is 13.2. The molecule has 1 aromatic rings. The predicted octanol–water partition coefficient (Wildman–Crippen LogP) is 2.51. The maximum Gasteiger partial charge on any atom is 0.223 e. The summed E-state index contributed by atoms with van der Waals surface area (Å²) in [5.74, 6) is -0.297. The van der Waals surface area contributed by atoms with Crippen LogP contribution in [0.25, 0.3) is 0 Å². The number of para-hydroxylation sites is 1. The normalized spacial score (nSPS) is 11.9. The molecule has 1 N–H and O–H groups in total. The van der Waals surface area contributed by atoms with Crippen LogP contribution in [-0.4, -0.2) is 18.6 Å². The van der Waals surface area contributed by atoms with Crippen LogP contribution in [0.4, 0.5) is 4.39 Å². The van der Waals surface area contributed by atoms with E-state index in [0.29, 0.717) is 0 Å². The van der Waals surface area contributed by atoms with Crippen LogP contribution in [0, 0.1) is 5.82 Å². The van der Waals surface area contributed by atoms with Gasteiger partial charge >= 0.3 is 0 Å². The first-order valence-electron chi connectivity index (χ1n) is 5.80. The third kappa shape index (κ3) is 4.85. The molecule has 94 valence electrons. The zero-order valence-corrected chi connectivity index (χ0v) is 10.2. The average molecular weight is 239 g/mol. The van der Waals surface area contributed by atoms with Gasteiger partial charge < -0.3 is 10.1 Å². The van der Waals surface area contributed by atoms with Crippen molar-refractivity contribution < 1.29 is 13.9 Å². The van der Waals surface area contributed by atoms with Crippen LogP contribution in [0.15, 0.2) is 24.3 Å². The van der Waals surface area contributed by atoms with E-state index >= 15 is 0 Å². The van der Waals surface area contributed by atoms with Gasteiger partial charge in [0.1, 0.15) is 0 Å². The summed E-state index contributed by atoms with van der Waals surface area (Å²) in [7, 11) is 0. The Bertz CT molecular complexity index is 368. The average Bonchev–Trinajstić information content (AvgIpc) is 2.31. The van der Waals surface area contributed by atoms with Crippen molar-refractivity contribution in [2.45, 2.75) is 32.7 Å². The van der Waals surface area contributed by atoms with Crippen molar-refractivity contribution in [1.82, 2.24) is 5.32 Å². The molecule has 0 unspecified atom stereocenters. The monoisotopic (exact) mass is 239 g/mol. The van der Waals surface area contributed by atoms with Crippen LogP contribution in [0.5, 0.6) is 5.75 Å². The molecule has 0 radical (unpaired) electrons. The Kier molecular flexibility index (Phi) is 5.46. The SMILES string of the molecule is CC[C@H](C)NC(=O)CCOc1ccccc1F. The summed E-state index contributed by atoms with van der Waals surface area (Å²) in [5.41, 5.74) is 0. The van der Waals surface area contributed by atoms with Gasteiger partial charge in [-0.3, -0.25) is 4.79 Å². The largest absolute Gasteiger partial charge is 0.490 e. The van der Waals surface area contributed by atoms with Gasteiger partial charge in [0.25, 0.3) is 0 Å². The van der Waals surface area contributed by atoms with Crippen molar-refractivity contribution in [2.75, 3.05) is 6.61 Å². The van der Waals surface area contributed by atoms with Gasteiger partial charge in [0.15, 0.2) is 11.6 Å². The Hall–Kier alpha value is -1.58. The minimum absolute atomic E-state index is 0.0734. The lowest BCUT2D eigenvalue weighted by atomic mass is 10.2. The van der Waals surface area contributed by atoms with Crippen molar-refractivity contribution in [2.24, 2.45) is 0 Å². The van der Waals surface area contributed by atoms with Gasteiger partial charge in [-0.25, -0.2) is 4.39 Å². The van der Waals surface area contributed by atoms with E-state index in [-0.39, 0.29) is 30.7 Å². The second-order valence-electron chi connectivity index (χ2n) is 3.91. The molecule has 0 saturated heterocycles. The first-order valence-corrected chi connectivity index (χ1v) is 5.80. The van der Waals surface area contributed by atoms with Crippen molar-refractivity contribution in [1.29, 1.82) is 0 Å². The van der Waals surface area contributed by atoms with Crippen LogP contribution in [0.2, 0.25) is 0 Å².